The fourth-order valence-electron chi connectivity index (χ4n) is 1.28. The molecule has 4 heteroatoms. The van der Waals surface area contributed by atoms with Gasteiger partial charge < -0.3 is 15.8 Å². The molecule has 0 fully saturated rings. The monoisotopic (exact) mass is 222 g/mol. The Labute approximate surface area is 95.8 Å². The van der Waals surface area contributed by atoms with E-state index in [1.165, 1.54) is 12.7 Å². The summed E-state index contributed by atoms with van der Waals surface area (Å²) in [6.45, 7) is 2.76. The van der Waals surface area contributed by atoms with Crippen LogP contribution in [0.5, 0.6) is 0 Å². The van der Waals surface area contributed by atoms with Gasteiger partial charge in [0, 0.05) is 13.7 Å². The Morgan fingerprint density at radius 2 is 2.06 bits per heavy atom. The van der Waals surface area contributed by atoms with Crippen molar-refractivity contribution in [1.82, 2.24) is 5.32 Å². The lowest BCUT2D eigenvalue weighted by Crippen LogP contribution is -2.43. The normalized spacial score (nSPS) is 12.2. The molecule has 1 aromatic carbocycles. The number of nitrogens with two attached hydrogens (primary N) is 1. The van der Waals surface area contributed by atoms with Crippen LogP contribution in [0.25, 0.3) is 0 Å². The zero-order valence-corrected chi connectivity index (χ0v) is 9.69. The van der Waals surface area contributed by atoms with Gasteiger partial charge in [0.1, 0.15) is 6.04 Å². The fraction of sp³-hybridized carbons (Fsp3) is 0.417. The lowest BCUT2D eigenvalue weighted by atomic mass is 10.1. The van der Waals surface area contributed by atoms with Crippen LogP contribution in [0.15, 0.2) is 24.3 Å². The minimum absolute atomic E-state index is 0.192. The van der Waals surface area contributed by atoms with Crippen LogP contribution in [0.4, 0.5) is 0 Å². The predicted octanol–water partition coefficient (Wildman–Crippen LogP) is 0.585. The SMILES string of the molecule is COC[C@H](N)C(=O)NCc1ccc(C)cc1. The number of amides is 1. The van der Waals surface area contributed by atoms with Crippen molar-refractivity contribution in [3.8, 4) is 0 Å². The molecule has 4 nitrogen and oxygen atoms in total. The summed E-state index contributed by atoms with van der Waals surface area (Å²) in [4.78, 5) is 11.5. The standard InChI is InChI=1S/C12H18N2O2/c1-9-3-5-10(6-4-9)7-14-12(15)11(13)8-16-2/h3-6,11H,7-8,13H2,1-2H3,(H,14,15)/t11-/m0/s1. The summed E-state index contributed by atoms with van der Waals surface area (Å²) in [6.07, 6.45) is 0. The van der Waals surface area contributed by atoms with Crippen LogP contribution in [-0.2, 0) is 16.1 Å². The molecule has 0 aliphatic carbocycles. The molecule has 3 N–H and O–H groups in total. The Balaban J connectivity index is 2.39. The van der Waals surface area contributed by atoms with E-state index in [2.05, 4.69) is 5.32 Å². The van der Waals surface area contributed by atoms with Gasteiger partial charge in [-0.2, -0.15) is 0 Å². The van der Waals surface area contributed by atoms with E-state index in [0.29, 0.717) is 6.54 Å². The molecular weight excluding hydrogens is 204 g/mol. The fourth-order valence-corrected chi connectivity index (χ4v) is 1.28. The smallest absolute Gasteiger partial charge is 0.239 e. The molecule has 1 amide bonds. The highest BCUT2D eigenvalue weighted by Gasteiger charge is 2.11. The second kappa shape index (κ2) is 6.25. The molecule has 1 atom stereocenters. The highest BCUT2D eigenvalue weighted by Crippen LogP contribution is 2.02. The molecule has 0 aromatic heterocycles. The first-order valence-electron chi connectivity index (χ1n) is 5.21. The Hall–Kier alpha value is -1.39. The summed E-state index contributed by atoms with van der Waals surface area (Å²) in [5.74, 6) is -0.192. The summed E-state index contributed by atoms with van der Waals surface area (Å²) in [5, 5.41) is 2.76. The molecule has 0 unspecified atom stereocenters. The zero-order valence-electron chi connectivity index (χ0n) is 9.69. The number of benzene rings is 1. The van der Waals surface area contributed by atoms with Gasteiger partial charge in [0.2, 0.25) is 5.91 Å². The average molecular weight is 222 g/mol. The van der Waals surface area contributed by atoms with E-state index >= 15 is 0 Å². The van der Waals surface area contributed by atoms with Crippen LogP contribution in [0.2, 0.25) is 0 Å². The van der Waals surface area contributed by atoms with Crippen molar-refractivity contribution in [2.24, 2.45) is 5.73 Å². The highest BCUT2D eigenvalue weighted by molar-refractivity contribution is 5.81. The molecule has 0 spiro atoms. The molecular formula is C12H18N2O2. The van der Waals surface area contributed by atoms with E-state index in [4.69, 9.17) is 10.5 Å². The number of methoxy groups -OCH3 is 1. The van der Waals surface area contributed by atoms with Crippen molar-refractivity contribution in [2.45, 2.75) is 19.5 Å². The second-order valence-electron chi connectivity index (χ2n) is 3.77. The summed E-state index contributed by atoms with van der Waals surface area (Å²) in [6, 6.07) is 7.39. The van der Waals surface area contributed by atoms with Gasteiger partial charge in [0.25, 0.3) is 0 Å². The summed E-state index contributed by atoms with van der Waals surface area (Å²) in [5.41, 5.74) is 7.84. The van der Waals surface area contributed by atoms with Crippen molar-refractivity contribution >= 4 is 5.91 Å². The van der Waals surface area contributed by atoms with Crippen molar-refractivity contribution in [1.29, 1.82) is 0 Å². The first-order valence-corrected chi connectivity index (χ1v) is 5.21. The zero-order chi connectivity index (χ0) is 12.0. The topological polar surface area (TPSA) is 64.3 Å². The Morgan fingerprint density at radius 1 is 1.44 bits per heavy atom. The molecule has 1 rings (SSSR count). The molecule has 16 heavy (non-hydrogen) atoms. The molecule has 0 radical (unpaired) electrons. The third-order valence-corrected chi connectivity index (χ3v) is 2.27. The molecule has 0 bridgehead atoms. The average Bonchev–Trinajstić information content (AvgIpc) is 2.28. The first kappa shape index (κ1) is 12.7. The lowest BCUT2D eigenvalue weighted by Gasteiger charge is -2.11. The molecule has 0 saturated carbocycles. The number of carbonyl (C=O) groups excluding carboxylic acids is 1. The second-order valence-corrected chi connectivity index (χ2v) is 3.77. The maximum atomic E-state index is 11.5. The van der Waals surface area contributed by atoms with Crippen LogP contribution in [0.3, 0.4) is 0 Å². The molecule has 88 valence electrons. The number of rotatable bonds is 5. The number of carbonyl (C=O) groups is 1. The maximum Gasteiger partial charge on any atom is 0.239 e. The van der Waals surface area contributed by atoms with Crippen LogP contribution in [0, 0.1) is 6.92 Å². The molecule has 0 saturated heterocycles. The maximum absolute atomic E-state index is 11.5. The van der Waals surface area contributed by atoms with Gasteiger partial charge in [0.15, 0.2) is 0 Å². The van der Waals surface area contributed by atoms with E-state index in [1.807, 2.05) is 31.2 Å². The predicted molar refractivity (Wildman–Crippen MR) is 62.9 cm³/mol. The van der Waals surface area contributed by atoms with Crippen LogP contribution < -0.4 is 11.1 Å². The number of nitrogens with one attached hydrogen (secondary N) is 1. The highest BCUT2D eigenvalue weighted by atomic mass is 16.5. The number of hydrogen-bond donors (Lipinski definition) is 2. The molecule has 0 aliphatic heterocycles. The van der Waals surface area contributed by atoms with Gasteiger partial charge in [-0.15, -0.1) is 0 Å². The molecule has 0 heterocycles. The minimum atomic E-state index is -0.601. The van der Waals surface area contributed by atoms with Crippen LogP contribution in [-0.4, -0.2) is 25.7 Å². The Kier molecular flexibility index (Phi) is 4.95. The van der Waals surface area contributed by atoms with Crippen LogP contribution >= 0.6 is 0 Å². The van der Waals surface area contributed by atoms with Crippen molar-refractivity contribution < 1.29 is 9.53 Å². The third-order valence-electron chi connectivity index (χ3n) is 2.27. The lowest BCUT2D eigenvalue weighted by molar-refractivity contribution is -0.123. The van der Waals surface area contributed by atoms with Gasteiger partial charge in [-0.05, 0) is 12.5 Å². The quantitative estimate of drug-likeness (QED) is 0.766. The van der Waals surface area contributed by atoms with E-state index in [-0.39, 0.29) is 12.5 Å². The third kappa shape index (κ3) is 4.00. The Bertz CT molecular complexity index is 335. The molecule has 1 aromatic rings. The summed E-state index contributed by atoms with van der Waals surface area (Å²) >= 11 is 0. The van der Waals surface area contributed by atoms with Gasteiger partial charge in [-0.3, -0.25) is 4.79 Å². The van der Waals surface area contributed by atoms with E-state index in [0.717, 1.165) is 5.56 Å². The number of aryl methyl sites for hydroxylation is 1. The molecule has 0 aliphatic rings. The van der Waals surface area contributed by atoms with Gasteiger partial charge in [0.05, 0.1) is 6.61 Å². The number of hydrogen-bond acceptors (Lipinski definition) is 3. The summed E-state index contributed by atoms with van der Waals surface area (Å²) < 4.78 is 4.81. The van der Waals surface area contributed by atoms with Crippen molar-refractivity contribution in [2.75, 3.05) is 13.7 Å². The van der Waals surface area contributed by atoms with E-state index in [1.54, 1.807) is 0 Å². The number of ether oxygens (including phenoxy) is 1. The minimum Gasteiger partial charge on any atom is -0.383 e. The largest absolute Gasteiger partial charge is 0.383 e. The van der Waals surface area contributed by atoms with E-state index < -0.39 is 6.04 Å². The van der Waals surface area contributed by atoms with Crippen LogP contribution in [0.1, 0.15) is 11.1 Å². The van der Waals surface area contributed by atoms with Gasteiger partial charge >= 0.3 is 0 Å². The van der Waals surface area contributed by atoms with E-state index in [9.17, 15) is 4.79 Å². The first-order chi connectivity index (χ1) is 7.63. The van der Waals surface area contributed by atoms with Crippen molar-refractivity contribution in [3.05, 3.63) is 35.4 Å². The van der Waals surface area contributed by atoms with Gasteiger partial charge in [-0.1, -0.05) is 29.8 Å². The Morgan fingerprint density at radius 3 is 2.62 bits per heavy atom. The van der Waals surface area contributed by atoms with Crippen molar-refractivity contribution in [3.63, 3.8) is 0 Å². The summed E-state index contributed by atoms with van der Waals surface area (Å²) in [7, 11) is 1.52. The van der Waals surface area contributed by atoms with Gasteiger partial charge in [-0.25, -0.2) is 0 Å².